The van der Waals surface area contributed by atoms with Gasteiger partial charge in [0.25, 0.3) is 0 Å². The number of carbonyl (C=O) groups is 1. The third kappa shape index (κ3) is 4.74. The molecule has 4 nitrogen and oxygen atoms in total. The lowest BCUT2D eigenvalue weighted by Gasteiger charge is -2.03. The second-order valence-electron chi connectivity index (χ2n) is 5.69. The second kappa shape index (κ2) is 8.36. The van der Waals surface area contributed by atoms with Gasteiger partial charge in [-0.2, -0.15) is 0 Å². The van der Waals surface area contributed by atoms with Crippen molar-refractivity contribution in [2.24, 2.45) is 0 Å². The minimum atomic E-state index is 0.0404. The summed E-state index contributed by atoms with van der Waals surface area (Å²) in [5, 5.41) is 4.94. The molecule has 0 radical (unpaired) electrons. The maximum atomic E-state index is 11.9. The number of nitrogens with zero attached hydrogens (tertiary/aromatic N) is 1. The van der Waals surface area contributed by atoms with Crippen LogP contribution in [0.25, 0.3) is 11.5 Å². The molecular weight excluding hydrogens is 352 g/mol. The van der Waals surface area contributed by atoms with Crippen molar-refractivity contribution in [2.75, 3.05) is 5.75 Å². The van der Waals surface area contributed by atoms with Gasteiger partial charge in [0.2, 0.25) is 11.8 Å². The number of carbonyl (C=O) groups excluding carboxylic acids is 1. The van der Waals surface area contributed by atoms with Crippen LogP contribution in [0.2, 0.25) is 0 Å². The molecule has 0 unspecified atom stereocenters. The zero-order chi connectivity index (χ0) is 17.6. The molecule has 0 bridgehead atoms. The summed E-state index contributed by atoms with van der Waals surface area (Å²) in [7, 11) is 0. The number of thioether (sulfide) groups is 1. The predicted molar refractivity (Wildman–Crippen MR) is 104 cm³/mol. The molecular formula is C19H20N2O2S2. The maximum absolute atomic E-state index is 11.9. The monoisotopic (exact) mass is 372 g/mol. The van der Waals surface area contributed by atoms with Crippen LogP contribution in [0.3, 0.4) is 0 Å². The highest BCUT2D eigenvalue weighted by atomic mass is 32.2. The number of nitrogens with one attached hydrogen (secondary N) is 1. The van der Waals surface area contributed by atoms with Crippen molar-refractivity contribution in [1.29, 1.82) is 0 Å². The van der Waals surface area contributed by atoms with Gasteiger partial charge in [-0.15, -0.1) is 23.1 Å². The summed E-state index contributed by atoms with van der Waals surface area (Å²) in [4.78, 5) is 17.7. The standard InChI is InChI=1S/C19H20N2O2S2/c1-13-6-3-4-8-16(13)19-21-17(14(2)23-19)11-24-12-18(22)20-10-15-7-5-9-25-15/h3-9H,10-12H2,1-2H3,(H,20,22). The van der Waals surface area contributed by atoms with E-state index in [1.165, 1.54) is 0 Å². The van der Waals surface area contributed by atoms with Gasteiger partial charge in [-0.1, -0.05) is 24.3 Å². The fourth-order valence-electron chi connectivity index (χ4n) is 2.38. The Morgan fingerprint density at radius 2 is 2.08 bits per heavy atom. The number of hydrogen-bond donors (Lipinski definition) is 1. The Morgan fingerprint density at radius 3 is 2.84 bits per heavy atom. The lowest BCUT2D eigenvalue weighted by molar-refractivity contribution is -0.118. The van der Waals surface area contributed by atoms with Crippen molar-refractivity contribution in [3.8, 4) is 11.5 Å². The lowest BCUT2D eigenvalue weighted by Crippen LogP contribution is -2.24. The zero-order valence-corrected chi connectivity index (χ0v) is 15.9. The smallest absolute Gasteiger partial charge is 0.230 e. The van der Waals surface area contributed by atoms with Crippen LogP contribution in [0.15, 0.2) is 46.2 Å². The number of thiophene rings is 1. The summed E-state index contributed by atoms with van der Waals surface area (Å²) in [5.74, 6) is 2.57. The molecule has 3 aromatic rings. The molecule has 1 amide bonds. The Labute approximate surface area is 155 Å². The third-order valence-electron chi connectivity index (χ3n) is 3.78. The minimum absolute atomic E-state index is 0.0404. The van der Waals surface area contributed by atoms with Gasteiger partial charge in [0, 0.05) is 16.2 Å². The molecule has 0 aliphatic heterocycles. The molecule has 1 N–H and O–H groups in total. The van der Waals surface area contributed by atoms with Crippen LogP contribution < -0.4 is 5.32 Å². The summed E-state index contributed by atoms with van der Waals surface area (Å²) < 4.78 is 5.81. The van der Waals surface area contributed by atoms with Gasteiger partial charge in [0.15, 0.2) is 0 Å². The first kappa shape index (κ1) is 17.8. The van der Waals surface area contributed by atoms with Gasteiger partial charge in [0.1, 0.15) is 5.76 Å². The molecule has 2 aromatic heterocycles. The van der Waals surface area contributed by atoms with Crippen LogP contribution in [-0.4, -0.2) is 16.6 Å². The minimum Gasteiger partial charge on any atom is -0.441 e. The first-order valence-electron chi connectivity index (χ1n) is 8.02. The van der Waals surface area contributed by atoms with E-state index in [4.69, 9.17) is 4.42 Å². The first-order valence-corrected chi connectivity index (χ1v) is 10.1. The van der Waals surface area contributed by atoms with Crippen LogP contribution in [0, 0.1) is 13.8 Å². The van der Waals surface area contributed by atoms with E-state index in [9.17, 15) is 4.79 Å². The molecule has 0 saturated heterocycles. The van der Waals surface area contributed by atoms with Crippen LogP contribution in [0.4, 0.5) is 0 Å². The van der Waals surface area contributed by atoms with E-state index >= 15 is 0 Å². The summed E-state index contributed by atoms with van der Waals surface area (Å²) in [5.41, 5.74) is 3.04. The molecule has 0 spiro atoms. The van der Waals surface area contributed by atoms with Crippen molar-refractivity contribution < 1.29 is 9.21 Å². The van der Waals surface area contributed by atoms with E-state index in [0.29, 0.717) is 23.9 Å². The Hall–Kier alpha value is -2.05. The van der Waals surface area contributed by atoms with E-state index in [1.807, 2.05) is 55.6 Å². The number of benzene rings is 1. The van der Waals surface area contributed by atoms with E-state index in [-0.39, 0.29) is 5.91 Å². The Balaban J connectivity index is 1.52. The van der Waals surface area contributed by atoms with Crippen molar-refractivity contribution >= 4 is 29.0 Å². The van der Waals surface area contributed by atoms with Crippen molar-refractivity contribution in [2.45, 2.75) is 26.1 Å². The summed E-state index contributed by atoms with van der Waals surface area (Å²) >= 11 is 3.19. The molecule has 6 heteroatoms. The second-order valence-corrected chi connectivity index (χ2v) is 7.70. The van der Waals surface area contributed by atoms with E-state index in [1.54, 1.807) is 23.1 Å². The normalized spacial score (nSPS) is 10.8. The van der Waals surface area contributed by atoms with Gasteiger partial charge in [-0.3, -0.25) is 4.79 Å². The van der Waals surface area contributed by atoms with Crippen molar-refractivity contribution in [3.63, 3.8) is 0 Å². The SMILES string of the molecule is Cc1ccccc1-c1nc(CSCC(=O)NCc2cccs2)c(C)o1. The fraction of sp³-hybridized carbons (Fsp3) is 0.263. The topological polar surface area (TPSA) is 55.1 Å². The summed E-state index contributed by atoms with van der Waals surface area (Å²) in [6, 6.07) is 12.0. The quantitative estimate of drug-likeness (QED) is 0.660. The largest absolute Gasteiger partial charge is 0.441 e. The number of oxazole rings is 1. The predicted octanol–water partition coefficient (Wildman–Crippen LogP) is 4.57. The number of aromatic nitrogens is 1. The van der Waals surface area contributed by atoms with Gasteiger partial charge in [-0.05, 0) is 36.9 Å². The number of rotatable bonds is 7. The number of hydrogen-bond acceptors (Lipinski definition) is 5. The van der Waals surface area contributed by atoms with Crippen LogP contribution in [0.1, 0.15) is 21.9 Å². The van der Waals surface area contributed by atoms with Crippen LogP contribution in [-0.2, 0) is 17.1 Å². The third-order valence-corrected chi connectivity index (χ3v) is 5.60. The average Bonchev–Trinajstić information content (AvgIpc) is 3.24. The Bertz CT molecular complexity index is 841. The number of aryl methyl sites for hydroxylation is 2. The maximum Gasteiger partial charge on any atom is 0.230 e. The molecule has 25 heavy (non-hydrogen) atoms. The molecule has 0 fully saturated rings. The van der Waals surface area contributed by atoms with Crippen molar-refractivity contribution in [3.05, 3.63) is 63.7 Å². The van der Waals surface area contributed by atoms with Gasteiger partial charge >= 0.3 is 0 Å². The summed E-state index contributed by atoms with van der Waals surface area (Å²) in [6.45, 7) is 4.56. The van der Waals surface area contributed by atoms with Crippen LogP contribution in [0.5, 0.6) is 0 Å². The van der Waals surface area contributed by atoms with E-state index in [0.717, 1.165) is 27.5 Å². The van der Waals surface area contributed by atoms with E-state index in [2.05, 4.69) is 10.3 Å². The van der Waals surface area contributed by atoms with E-state index < -0.39 is 0 Å². The molecule has 0 saturated carbocycles. The Kier molecular flexibility index (Phi) is 5.94. The van der Waals surface area contributed by atoms with Gasteiger partial charge in [-0.25, -0.2) is 4.98 Å². The van der Waals surface area contributed by atoms with Gasteiger partial charge < -0.3 is 9.73 Å². The first-order chi connectivity index (χ1) is 12.1. The van der Waals surface area contributed by atoms with Crippen LogP contribution >= 0.6 is 23.1 Å². The molecule has 1 aromatic carbocycles. The lowest BCUT2D eigenvalue weighted by atomic mass is 10.1. The fourth-order valence-corrected chi connectivity index (χ4v) is 3.88. The summed E-state index contributed by atoms with van der Waals surface area (Å²) in [6.07, 6.45) is 0. The highest BCUT2D eigenvalue weighted by molar-refractivity contribution is 7.99. The molecule has 130 valence electrons. The zero-order valence-electron chi connectivity index (χ0n) is 14.2. The van der Waals surface area contributed by atoms with Gasteiger partial charge in [0.05, 0.1) is 18.0 Å². The molecule has 0 aliphatic rings. The molecule has 2 heterocycles. The highest BCUT2D eigenvalue weighted by Crippen LogP contribution is 2.26. The molecule has 0 atom stereocenters. The Morgan fingerprint density at radius 1 is 1.24 bits per heavy atom. The molecule has 3 rings (SSSR count). The number of amides is 1. The average molecular weight is 373 g/mol. The highest BCUT2D eigenvalue weighted by Gasteiger charge is 2.13. The van der Waals surface area contributed by atoms with Crippen molar-refractivity contribution in [1.82, 2.24) is 10.3 Å². The molecule has 0 aliphatic carbocycles.